The lowest BCUT2D eigenvalue weighted by atomic mass is 10.0. The maximum absolute atomic E-state index is 13.1. The molecule has 1 aliphatic rings. The zero-order valence-electron chi connectivity index (χ0n) is 13.7. The van der Waals surface area contributed by atoms with Gasteiger partial charge in [-0.3, -0.25) is 9.78 Å². The molecule has 24 heavy (non-hydrogen) atoms. The predicted octanol–water partition coefficient (Wildman–Crippen LogP) is 2.44. The van der Waals surface area contributed by atoms with Crippen LogP contribution in [0.1, 0.15) is 47.7 Å². The van der Waals surface area contributed by atoms with Gasteiger partial charge in [0.25, 0.3) is 5.91 Å². The van der Waals surface area contributed by atoms with E-state index in [-0.39, 0.29) is 28.6 Å². The summed E-state index contributed by atoms with van der Waals surface area (Å²) in [6.07, 6.45) is 5.03. The van der Waals surface area contributed by atoms with Crippen molar-refractivity contribution in [1.29, 1.82) is 0 Å². The van der Waals surface area contributed by atoms with Gasteiger partial charge in [-0.25, -0.2) is 9.97 Å². The second-order valence-electron chi connectivity index (χ2n) is 6.08. The molecule has 2 aromatic rings. The van der Waals surface area contributed by atoms with Crippen LogP contribution in [-0.2, 0) is 0 Å². The first-order valence-electron chi connectivity index (χ1n) is 8.02. The molecule has 1 fully saturated rings. The smallest absolute Gasteiger partial charge is 0.274 e. The highest BCUT2D eigenvalue weighted by Gasteiger charge is 2.31. The molecule has 3 rings (SSSR count). The van der Waals surface area contributed by atoms with Crippen molar-refractivity contribution in [1.82, 2.24) is 25.2 Å². The summed E-state index contributed by atoms with van der Waals surface area (Å²) in [6.45, 7) is 5.98. The molecule has 1 aliphatic heterocycles. The summed E-state index contributed by atoms with van der Waals surface area (Å²) in [5, 5.41) is 3.61. The molecular formula is C17H20ClN5O. The van der Waals surface area contributed by atoms with Crippen LogP contribution in [0.4, 0.5) is 0 Å². The van der Waals surface area contributed by atoms with Crippen LogP contribution >= 0.6 is 11.6 Å². The largest absolute Gasteiger partial charge is 0.328 e. The minimum absolute atomic E-state index is 0.0894. The molecule has 0 spiro atoms. The summed E-state index contributed by atoms with van der Waals surface area (Å²) in [5.41, 5.74) is 1.26. The van der Waals surface area contributed by atoms with Gasteiger partial charge in [-0.2, -0.15) is 0 Å². The van der Waals surface area contributed by atoms with Gasteiger partial charge < -0.3 is 10.2 Å². The number of nitrogens with one attached hydrogen (secondary N) is 1. The third-order valence-electron chi connectivity index (χ3n) is 4.06. The van der Waals surface area contributed by atoms with Crippen molar-refractivity contribution >= 4 is 17.5 Å². The molecule has 1 saturated heterocycles. The van der Waals surface area contributed by atoms with E-state index in [2.05, 4.69) is 20.3 Å². The maximum Gasteiger partial charge on any atom is 0.274 e. The van der Waals surface area contributed by atoms with E-state index in [9.17, 15) is 4.79 Å². The Morgan fingerprint density at radius 1 is 1.42 bits per heavy atom. The molecule has 126 valence electrons. The Morgan fingerprint density at radius 3 is 2.96 bits per heavy atom. The van der Waals surface area contributed by atoms with Crippen molar-refractivity contribution in [2.75, 3.05) is 19.6 Å². The highest BCUT2D eigenvalue weighted by molar-refractivity contribution is 6.33. The molecular weight excluding hydrogens is 326 g/mol. The third-order valence-corrected chi connectivity index (χ3v) is 4.33. The van der Waals surface area contributed by atoms with Crippen LogP contribution in [-0.4, -0.2) is 45.4 Å². The Hall–Kier alpha value is -2.05. The highest BCUT2D eigenvalue weighted by atomic mass is 35.5. The number of nitrogens with zero attached hydrogens (tertiary/aromatic N) is 4. The van der Waals surface area contributed by atoms with Crippen molar-refractivity contribution in [2.24, 2.45) is 0 Å². The summed E-state index contributed by atoms with van der Waals surface area (Å²) < 4.78 is 0. The predicted molar refractivity (Wildman–Crippen MR) is 92.0 cm³/mol. The molecule has 1 atom stereocenters. The molecule has 1 N–H and O–H groups in total. The van der Waals surface area contributed by atoms with Crippen molar-refractivity contribution in [2.45, 2.75) is 25.8 Å². The van der Waals surface area contributed by atoms with E-state index in [0.29, 0.717) is 18.9 Å². The standard InChI is InChI=1S/C17H20ClN5O/c1-11(2)16-21-9-13(18)15(22-16)17(24)23-7-6-20-10-14(23)12-4-3-5-19-8-12/h3-5,8-9,11,14,20H,6-7,10H2,1-2H3. The zero-order chi connectivity index (χ0) is 17.1. The lowest BCUT2D eigenvalue weighted by Crippen LogP contribution is -2.49. The van der Waals surface area contributed by atoms with Gasteiger partial charge in [-0.15, -0.1) is 0 Å². The maximum atomic E-state index is 13.1. The Labute approximate surface area is 146 Å². The number of carbonyl (C=O) groups excluding carboxylic acids is 1. The minimum atomic E-state index is -0.167. The topological polar surface area (TPSA) is 71.0 Å². The molecule has 2 aromatic heterocycles. The Bertz CT molecular complexity index is 722. The summed E-state index contributed by atoms with van der Waals surface area (Å²) >= 11 is 6.21. The van der Waals surface area contributed by atoms with E-state index in [1.54, 1.807) is 12.4 Å². The van der Waals surface area contributed by atoms with Crippen molar-refractivity contribution in [3.63, 3.8) is 0 Å². The number of hydrogen-bond donors (Lipinski definition) is 1. The highest BCUT2D eigenvalue weighted by Crippen LogP contribution is 2.25. The SMILES string of the molecule is CC(C)c1ncc(Cl)c(C(=O)N2CCNCC2c2cccnc2)n1. The zero-order valence-corrected chi connectivity index (χ0v) is 14.5. The number of piperazine rings is 1. The van der Waals surface area contributed by atoms with E-state index < -0.39 is 0 Å². The third kappa shape index (κ3) is 3.39. The normalized spacial score (nSPS) is 18.0. The number of carbonyl (C=O) groups is 1. The second-order valence-corrected chi connectivity index (χ2v) is 6.49. The van der Waals surface area contributed by atoms with E-state index in [1.807, 2.05) is 30.9 Å². The van der Waals surface area contributed by atoms with E-state index >= 15 is 0 Å². The molecule has 7 heteroatoms. The van der Waals surface area contributed by atoms with Crippen LogP contribution < -0.4 is 5.32 Å². The van der Waals surface area contributed by atoms with E-state index in [1.165, 1.54) is 6.20 Å². The average molecular weight is 346 g/mol. The Kier molecular flexibility index (Phi) is 5.06. The quantitative estimate of drug-likeness (QED) is 0.925. The Balaban J connectivity index is 1.94. The van der Waals surface area contributed by atoms with Gasteiger partial charge in [0.15, 0.2) is 5.69 Å². The van der Waals surface area contributed by atoms with Crippen LogP contribution in [0.5, 0.6) is 0 Å². The summed E-state index contributed by atoms with van der Waals surface area (Å²) in [6, 6.07) is 3.77. The van der Waals surface area contributed by atoms with Crippen molar-refractivity contribution in [3.8, 4) is 0 Å². The number of rotatable bonds is 3. The van der Waals surface area contributed by atoms with Gasteiger partial charge in [-0.1, -0.05) is 31.5 Å². The van der Waals surface area contributed by atoms with E-state index in [0.717, 1.165) is 12.1 Å². The van der Waals surface area contributed by atoms with Gasteiger partial charge in [-0.05, 0) is 11.6 Å². The van der Waals surface area contributed by atoms with Crippen LogP contribution in [0, 0.1) is 0 Å². The molecule has 1 amide bonds. The lowest BCUT2D eigenvalue weighted by molar-refractivity contribution is 0.0627. The fourth-order valence-electron chi connectivity index (χ4n) is 2.76. The van der Waals surface area contributed by atoms with Gasteiger partial charge >= 0.3 is 0 Å². The van der Waals surface area contributed by atoms with Crippen molar-refractivity contribution in [3.05, 3.63) is 52.8 Å². The van der Waals surface area contributed by atoms with Crippen LogP contribution in [0.2, 0.25) is 5.02 Å². The fourth-order valence-corrected chi connectivity index (χ4v) is 2.94. The van der Waals surface area contributed by atoms with Crippen molar-refractivity contribution < 1.29 is 4.79 Å². The molecule has 1 unspecified atom stereocenters. The average Bonchev–Trinajstić information content (AvgIpc) is 2.62. The molecule has 0 bridgehead atoms. The summed E-state index contributed by atoms with van der Waals surface area (Å²) in [5.74, 6) is 0.585. The second kappa shape index (κ2) is 7.23. The first kappa shape index (κ1) is 16.8. The fraction of sp³-hybridized carbons (Fsp3) is 0.412. The van der Waals surface area contributed by atoms with Gasteiger partial charge in [0.1, 0.15) is 5.82 Å². The number of aromatic nitrogens is 3. The van der Waals surface area contributed by atoms with Gasteiger partial charge in [0, 0.05) is 37.9 Å². The molecule has 0 aliphatic carbocycles. The first-order valence-corrected chi connectivity index (χ1v) is 8.39. The number of halogens is 1. The monoisotopic (exact) mass is 345 g/mol. The van der Waals surface area contributed by atoms with Crippen LogP contribution in [0.25, 0.3) is 0 Å². The number of amides is 1. The lowest BCUT2D eigenvalue weighted by Gasteiger charge is -2.36. The summed E-state index contributed by atoms with van der Waals surface area (Å²) in [7, 11) is 0. The molecule has 0 saturated carbocycles. The first-order chi connectivity index (χ1) is 11.6. The minimum Gasteiger partial charge on any atom is -0.328 e. The molecule has 6 nitrogen and oxygen atoms in total. The molecule has 0 aromatic carbocycles. The van der Waals surface area contributed by atoms with Crippen LogP contribution in [0.3, 0.4) is 0 Å². The molecule has 3 heterocycles. The van der Waals surface area contributed by atoms with Crippen LogP contribution in [0.15, 0.2) is 30.7 Å². The number of pyridine rings is 1. The number of hydrogen-bond acceptors (Lipinski definition) is 5. The van der Waals surface area contributed by atoms with Gasteiger partial charge in [0.2, 0.25) is 0 Å². The Morgan fingerprint density at radius 2 is 2.25 bits per heavy atom. The molecule has 0 radical (unpaired) electrons. The van der Waals surface area contributed by atoms with Gasteiger partial charge in [0.05, 0.1) is 17.3 Å². The van der Waals surface area contributed by atoms with E-state index in [4.69, 9.17) is 11.6 Å². The summed E-state index contributed by atoms with van der Waals surface area (Å²) in [4.78, 5) is 27.7.